The summed E-state index contributed by atoms with van der Waals surface area (Å²) in [4.78, 5) is 13.6. The first-order chi connectivity index (χ1) is 6.15. The Morgan fingerprint density at radius 3 is 2.85 bits per heavy atom. The highest BCUT2D eigenvalue weighted by molar-refractivity contribution is 7.84. The molecular formula is C7H7N3O2S. The lowest BCUT2D eigenvalue weighted by Crippen LogP contribution is -2.22. The van der Waals surface area contributed by atoms with E-state index < -0.39 is 6.09 Å². The van der Waals surface area contributed by atoms with Gasteiger partial charge in [-0.1, -0.05) is 0 Å². The Morgan fingerprint density at radius 1 is 1.85 bits per heavy atom. The summed E-state index contributed by atoms with van der Waals surface area (Å²) < 4.78 is 4.51. The van der Waals surface area contributed by atoms with Gasteiger partial charge in [0.15, 0.2) is 0 Å². The van der Waals surface area contributed by atoms with Crippen LogP contribution in [0.4, 0.5) is 4.79 Å². The molecule has 0 aromatic rings. The van der Waals surface area contributed by atoms with Gasteiger partial charge in [0, 0.05) is 0 Å². The van der Waals surface area contributed by atoms with Gasteiger partial charge in [0.2, 0.25) is 0 Å². The first-order valence-corrected chi connectivity index (χ1v) is 3.75. The molecule has 5 nitrogen and oxygen atoms in total. The van der Waals surface area contributed by atoms with Crippen molar-refractivity contribution in [2.45, 2.75) is 6.92 Å². The molecule has 0 aliphatic carbocycles. The number of hydrogen-bond acceptors (Lipinski definition) is 4. The fraction of sp³-hybridized carbons (Fsp3) is 0.286. The number of allylic oxidation sites excluding steroid dienone is 1. The Hall–Kier alpha value is -1.66. The second-order valence-electron chi connectivity index (χ2n) is 1.77. The van der Waals surface area contributed by atoms with Gasteiger partial charge in [0.1, 0.15) is 0 Å². The number of amides is 1. The summed E-state index contributed by atoms with van der Waals surface area (Å²) in [6.45, 7) is 8.40. The SMILES string of the molecule is [C-]#[N+]/C(C#N)=C(\S)NC(=O)OCC. The summed E-state index contributed by atoms with van der Waals surface area (Å²) in [7, 11) is 0. The molecule has 6 heteroatoms. The number of hydrogen-bond donors (Lipinski definition) is 2. The van der Waals surface area contributed by atoms with E-state index in [1.165, 1.54) is 0 Å². The minimum Gasteiger partial charge on any atom is -0.450 e. The Labute approximate surface area is 81.2 Å². The minimum absolute atomic E-state index is 0.101. The number of nitrogens with zero attached hydrogens (tertiary/aromatic N) is 2. The van der Waals surface area contributed by atoms with Crippen LogP contribution < -0.4 is 5.32 Å². The van der Waals surface area contributed by atoms with Crippen LogP contribution in [0.25, 0.3) is 4.85 Å². The van der Waals surface area contributed by atoms with Crippen molar-refractivity contribution in [3.05, 3.63) is 22.1 Å². The van der Waals surface area contributed by atoms with Gasteiger partial charge in [-0.25, -0.2) is 14.9 Å². The second kappa shape index (κ2) is 5.92. The van der Waals surface area contributed by atoms with Crippen molar-refractivity contribution < 1.29 is 9.53 Å². The maximum absolute atomic E-state index is 10.8. The molecule has 0 fully saturated rings. The van der Waals surface area contributed by atoms with Crippen molar-refractivity contribution in [2.75, 3.05) is 6.61 Å². The van der Waals surface area contributed by atoms with Gasteiger partial charge in [0.05, 0.1) is 24.3 Å². The van der Waals surface area contributed by atoms with E-state index in [2.05, 4.69) is 27.5 Å². The van der Waals surface area contributed by atoms with Gasteiger partial charge in [0.25, 0.3) is 5.70 Å². The molecule has 0 aromatic carbocycles. The smallest absolute Gasteiger partial charge is 0.411 e. The second-order valence-corrected chi connectivity index (χ2v) is 2.21. The maximum atomic E-state index is 10.8. The molecule has 0 aromatic heterocycles. The van der Waals surface area contributed by atoms with Crippen molar-refractivity contribution in [3.8, 4) is 6.07 Å². The normalized spacial score (nSPS) is 10.5. The molecule has 68 valence electrons. The molecule has 0 spiro atoms. The van der Waals surface area contributed by atoms with Gasteiger partial charge < -0.3 is 4.74 Å². The van der Waals surface area contributed by atoms with Gasteiger partial charge in [-0.2, -0.15) is 0 Å². The molecule has 0 radical (unpaired) electrons. The van der Waals surface area contributed by atoms with E-state index in [1.807, 2.05) is 0 Å². The number of rotatable bonds is 2. The number of carbonyl (C=O) groups is 1. The minimum atomic E-state index is -0.732. The molecular weight excluding hydrogens is 190 g/mol. The highest BCUT2D eigenvalue weighted by atomic mass is 32.1. The zero-order valence-electron chi connectivity index (χ0n) is 6.87. The summed E-state index contributed by atoms with van der Waals surface area (Å²) in [5.41, 5.74) is -0.281. The standard InChI is InChI=1S/C7H7N3O2S/c1-3-12-7(11)10-6(13)5(4-8)9-2/h13H,3H2,1H3,(H,10,11)/b6-5-. The number of alkyl carbamates (subject to hydrolysis) is 1. The lowest BCUT2D eigenvalue weighted by molar-refractivity contribution is 0.156. The summed E-state index contributed by atoms with van der Waals surface area (Å²) in [5, 5.41) is 10.4. The Balaban J connectivity index is 4.39. The average molecular weight is 197 g/mol. The molecule has 0 aliphatic heterocycles. The van der Waals surface area contributed by atoms with Crippen molar-refractivity contribution in [2.24, 2.45) is 0 Å². The zero-order valence-corrected chi connectivity index (χ0v) is 7.76. The van der Waals surface area contributed by atoms with E-state index in [0.29, 0.717) is 0 Å². The van der Waals surface area contributed by atoms with E-state index in [-0.39, 0.29) is 17.3 Å². The van der Waals surface area contributed by atoms with E-state index in [1.54, 1.807) is 13.0 Å². The molecule has 0 saturated carbocycles. The van der Waals surface area contributed by atoms with E-state index in [4.69, 9.17) is 11.8 Å². The molecule has 0 unspecified atom stereocenters. The molecule has 0 atom stereocenters. The predicted molar refractivity (Wildman–Crippen MR) is 48.4 cm³/mol. The van der Waals surface area contributed by atoms with E-state index >= 15 is 0 Å². The molecule has 0 aliphatic rings. The summed E-state index contributed by atoms with van der Waals surface area (Å²) >= 11 is 3.75. The van der Waals surface area contributed by atoms with Gasteiger partial charge >= 0.3 is 6.09 Å². The fourth-order valence-electron chi connectivity index (χ4n) is 0.454. The number of nitriles is 1. The third-order valence-electron chi connectivity index (χ3n) is 0.938. The zero-order chi connectivity index (χ0) is 10.3. The topological polar surface area (TPSA) is 66.5 Å². The number of carbonyl (C=O) groups excluding carboxylic acids is 1. The van der Waals surface area contributed by atoms with Crippen LogP contribution in [-0.4, -0.2) is 12.7 Å². The van der Waals surface area contributed by atoms with Gasteiger partial charge in [-0.05, 0) is 6.92 Å². The monoisotopic (exact) mass is 197 g/mol. The Morgan fingerprint density at radius 2 is 2.46 bits per heavy atom. The summed E-state index contributed by atoms with van der Waals surface area (Å²) in [6.07, 6.45) is -0.732. The fourth-order valence-corrected chi connectivity index (χ4v) is 0.645. The molecule has 0 bridgehead atoms. The predicted octanol–water partition coefficient (Wildman–Crippen LogP) is 1.27. The van der Waals surface area contributed by atoms with Crippen LogP contribution in [0.3, 0.4) is 0 Å². The quantitative estimate of drug-likeness (QED) is 0.398. The number of nitrogens with one attached hydrogen (secondary N) is 1. The number of ether oxygens (including phenoxy) is 1. The van der Waals surface area contributed by atoms with Crippen molar-refractivity contribution in [3.63, 3.8) is 0 Å². The summed E-state index contributed by atoms with van der Waals surface area (Å²) in [5.74, 6) is 0. The Bertz CT molecular complexity index is 295. The highest BCUT2D eigenvalue weighted by Crippen LogP contribution is 2.05. The molecule has 13 heavy (non-hydrogen) atoms. The molecule has 0 rings (SSSR count). The van der Waals surface area contributed by atoms with Gasteiger partial charge in [-0.15, -0.1) is 12.6 Å². The lowest BCUT2D eigenvalue weighted by atomic mass is 10.5. The summed E-state index contributed by atoms with van der Waals surface area (Å²) in [6, 6.07) is 1.58. The van der Waals surface area contributed by atoms with E-state index in [0.717, 1.165) is 0 Å². The van der Waals surface area contributed by atoms with Crippen molar-refractivity contribution >= 4 is 18.7 Å². The van der Waals surface area contributed by atoms with Crippen LogP contribution >= 0.6 is 12.6 Å². The van der Waals surface area contributed by atoms with Crippen molar-refractivity contribution in [1.82, 2.24) is 5.32 Å². The molecule has 0 saturated heterocycles. The maximum Gasteiger partial charge on any atom is 0.411 e. The molecule has 1 N–H and O–H groups in total. The largest absolute Gasteiger partial charge is 0.450 e. The molecule has 1 amide bonds. The third kappa shape index (κ3) is 4.04. The first kappa shape index (κ1) is 11.3. The first-order valence-electron chi connectivity index (χ1n) is 3.30. The van der Waals surface area contributed by atoms with Gasteiger partial charge in [-0.3, -0.25) is 5.32 Å². The van der Waals surface area contributed by atoms with Crippen LogP contribution in [0.2, 0.25) is 0 Å². The van der Waals surface area contributed by atoms with Crippen LogP contribution in [0.15, 0.2) is 10.7 Å². The Kier molecular flexibility index (Phi) is 5.17. The van der Waals surface area contributed by atoms with Crippen LogP contribution in [-0.2, 0) is 4.74 Å². The lowest BCUT2D eigenvalue weighted by Gasteiger charge is -2.03. The number of thiol groups is 1. The van der Waals surface area contributed by atoms with Crippen molar-refractivity contribution in [1.29, 1.82) is 5.26 Å². The highest BCUT2D eigenvalue weighted by Gasteiger charge is 2.06. The van der Waals surface area contributed by atoms with E-state index in [9.17, 15) is 4.79 Å². The molecule has 0 heterocycles. The third-order valence-corrected chi connectivity index (χ3v) is 1.26. The van der Waals surface area contributed by atoms with Crippen LogP contribution in [0.1, 0.15) is 6.92 Å². The van der Waals surface area contributed by atoms with Crippen LogP contribution in [0.5, 0.6) is 0 Å². The average Bonchev–Trinajstić information content (AvgIpc) is 2.06. The van der Waals surface area contributed by atoms with Crippen LogP contribution in [0, 0.1) is 17.9 Å².